The molecule has 1 atom stereocenters. The lowest BCUT2D eigenvalue weighted by molar-refractivity contribution is -0.121. The van der Waals surface area contributed by atoms with Crippen LogP contribution in [0.2, 0.25) is 0 Å². The van der Waals surface area contributed by atoms with Crippen molar-refractivity contribution in [2.45, 2.75) is 37.8 Å². The van der Waals surface area contributed by atoms with Crippen LogP contribution in [-0.2, 0) is 16.2 Å². The molecule has 9 nitrogen and oxygen atoms in total. The molecule has 2 amide bonds. The Kier molecular flexibility index (Phi) is 6.04. The van der Waals surface area contributed by atoms with Crippen LogP contribution in [0.15, 0.2) is 47.6 Å². The zero-order valence-corrected chi connectivity index (χ0v) is 18.8. The molecule has 32 heavy (non-hydrogen) atoms. The van der Waals surface area contributed by atoms with Gasteiger partial charge in [-0.15, -0.1) is 10.2 Å². The van der Waals surface area contributed by atoms with Crippen molar-refractivity contribution in [2.75, 3.05) is 22.6 Å². The number of carbonyl (C=O) groups is 2. The van der Waals surface area contributed by atoms with Crippen molar-refractivity contribution in [2.24, 2.45) is 0 Å². The number of aromatic nitrogens is 3. The van der Waals surface area contributed by atoms with E-state index in [0.717, 1.165) is 16.9 Å². The van der Waals surface area contributed by atoms with Gasteiger partial charge in [-0.05, 0) is 44.0 Å². The van der Waals surface area contributed by atoms with Crippen molar-refractivity contribution >= 4 is 35.0 Å². The number of nitrogens with zero attached hydrogens (tertiary/aromatic N) is 4. The molecule has 1 aliphatic heterocycles. The van der Waals surface area contributed by atoms with Crippen LogP contribution in [0, 0.1) is 13.8 Å². The fraction of sp³-hybridized carbons (Fsp3) is 0.273. The van der Waals surface area contributed by atoms with Crippen LogP contribution >= 0.6 is 11.8 Å². The van der Waals surface area contributed by atoms with E-state index in [1.54, 1.807) is 19.1 Å². The smallest absolute Gasteiger partial charge is 0.244 e. The number of aryl methyl sites for hydroxylation is 2. The summed E-state index contributed by atoms with van der Waals surface area (Å²) in [5.74, 6) is 6.95. The fourth-order valence-electron chi connectivity index (χ4n) is 3.51. The van der Waals surface area contributed by atoms with Crippen LogP contribution in [0.4, 0.5) is 11.4 Å². The van der Waals surface area contributed by atoms with Crippen molar-refractivity contribution in [3.8, 4) is 5.75 Å². The molecular formula is C22H24N6O3S. The van der Waals surface area contributed by atoms with Gasteiger partial charge in [0.05, 0.1) is 16.6 Å². The molecule has 2 heterocycles. The molecule has 10 heteroatoms. The number of carbonyl (C=O) groups excluding carboxylic acids is 2. The summed E-state index contributed by atoms with van der Waals surface area (Å²) >= 11 is 1.18. The van der Waals surface area contributed by atoms with E-state index in [1.807, 2.05) is 44.2 Å². The number of rotatable bonds is 6. The van der Waals surface area contributed by atoms with E-state index in [9.17, 15) is 9.59 Å². The van der Waals surface area contributed by atoms with Crippen LogP contribution in [-0.4, -0.2) is 38.5 Å². The number of amides is 2. The number of benzene rings is 2. The molecule has 0 saturated heterocycles. The maximum Gasteiger partial charge on any atom is 0.244 e. The second-order valence-corrected chi connectivity index (χ2v) is 8.84. The summed E-state index contributed by atoms with van der Waals surface area (Å²) in [5, 5.41) is 10.9. The molecule has 0 saturated carbocycles. The van der Waals surface area contributed by atoms with Crippen molar-refractivity contribution in [3.63, 3.8) is 0 Å². The lowest BCUT2D eigenvalue weighted by Gasteiger charge is -2.30. The minimum absolute atomic E-state index is 0.0368. The highest BCUT2D eigenvalue weighted by molar-refractivity contribution is 8.00. The first-order valence-electron chi connectivity index (χ1n) is 10.1. The van der Waals surface area contributed by atoms with Gasteiger partial charge >= 0.3 is 0 Å². The first-order chi connectivity index (χ1) is 15.3. The van der Waals surface area contributed by atoms with Gasteiger partial charge in [0.1, 0.15) is 18.9 Å². The zero-order valence-electron chi connectivity index (χ0n) is 18.0. The van der Waals surface area contributed by atoms with Gasteiger partial charge in [-0.1, -0.05) is 42.1 Å². The number of thioether (sulfide) groups is 1. The number of para-hydroxylation sites is 3. The standard InChI is InChI=1S/C22H24N6O3S/c1-13-7-6-8-14(2)20(13)31-12-18-25-26-22(28(18)23)32-15(3)21(30)27-11-19(29)24-16-9-4-5-10-17(16)27/h4-10,15H,11-12,23H2,1-3H3,(H,24,29). The third kappa shape index (κ3) is 4.26. The molecule has 2 aromatic carbocycles. The highest BCUT2D eigenvalue weighted by Gasteiger charge is 2.31. The Hall–Kier alpha value is -3.53. The number of hydrogen-bond acceptors (Lipinski definition) is 7. The highest BCUT2D eigenvalue weighted by atomic mass is 32.2. The largest absolute Gasteiger partial charge is 0.485 e. The number of nitrogens with one attached hydrogen (secondary N) is 1. The summed E-state index contributed by atoms with van der Waals surface area (Å²) < 4.78 is 7.25. The Morgan fingerprint density at radius 2 is 1.91 bits per heavy atom. The van der Waals surface area contributed by atoms with Crippen LogP contribution in [0.1, 0.15) is 23.9 Å². The molecule has 1 aromatic heterocycles. The molecule has 4 rings (SSSR count). The number of nitrogens with two attached hydrogens (primary N) is 1. The average molecular weight is 453 g/mol. The maximum atomic E-state index is 13.1. The lowest BCUT2D eigenvalue weighted by Crippen LogP contribution is -2.45. The lowest BCUT2D eigenvalue weighted by atomic mass is 10.1. The molecule has 0 aliphatic carbocycles. The summed E-state index contributed by atoms with van der Waals surface area (Å²) in [7, 11) is 0. The second-order valence-electron chi connectivity index (χ2n) is 7.53. The van der Waals surface area contributed by atoms with Crippen LogP contribution in [0.5, 0.6) is 5.75 Å². The van der Waals surface area contributed by atoms with E-state index >= 15 is 0 Å². The van der Waals surface area contributed by atoms with Crippen LogP contribution < -0.4 is 20.8 Å². The summed E-state index contributed by atoms with van der Waals surface area (Å²) in [5.41, 5.74) is 3.32. The summed E-state index contributed by atoms with van der Waals surface area (Å²) in [6.45, 7) is 5.82. The van der Waals surface area contributed by atoms with E-state index in [0.29, 0.717) is 22.4 Å². The van der Waals surface area contributed by atoms with Gasteiger partial charge in [0, 0.05) is 0 Å². The molecular weight excluding hydrogens is 428 g/mol. The molecule has 3 aromatic rings. The van der Waals surface area contributed by atoms with E-state index in [4.69, 9.17) is 10.6 Å². The number of fused-ring (bicyclic) bond motifs is 1. The molecule has 0 radical (unpaired) electrons. The van der Waals surface area contributed by atoms with Crippen molar-refractivity contribution in [1.82, 2.24) is 14.9 Å². The molecule has 3 N–H and O–H groups in total. The molecule has 0 fully saturated rings. The molecule has 0 spiro atoms. The zero-order chi connectivity index (χ0) is 22.8. The molecule has 1 unspecified atom stereocenters. The summed E-state index contributed by atoms with van der Waals surface area (Å²) in [6.07, 6.45) is 0. The topological polar surface area (TPSA) is 115 Å². The predicted octanol–water partition coefficient (Wildman–Crippen LogP) is 2.65. The normalized spacial score (nSPS) is 14.0. The number of anilines is 2. The van der Waals surface area contributed by atoms with Crippen molar-refractivity contribution < 1.29 is 14.3 Å². The van der Waals surface area contributed by atoms with Crippen molar-refractivity contribution in [1.29, 1.82) is 0 Å². The van der Waals surface area contributed by atoms with Gasteiger partial charge in [-0.3, -0.25) is 14.5 Å². The van der Waals surface area contributed by atoms with Crippen molar-refractivity contribution in [3.05, 3.63) is 59.4 Å². The molecule has 0 bridgehead atoms. The number of hydrogen-bond donors (Lipinski definition) is 2. The van der Waals surface area contributed by atoms with Gasteiger partial charge in [0.15, 0.2) is 5.82 Å². The quantitative estimate of drug-likeness (QED) is 0.436. The average Bonchev–Trinajstić information content (AvgIpc) is 3.11. The van der Waals surface area contributed by atoms with E-state index < -0.39 is 5.25 Å². The molecule has 166 valence electrons. The van der Waals surface area contributed by atoms with Gasteiger partial charge in [0.2, 0.25) is 17.0 Å². The molecule has 1 aliphatic rings. The van der Waals surface area contributed by atoms with Gasteiger partial charge < -0.3 is 15.9 Å². The number of nitrogen functional groups attached to an aromatic ring is 1. The minimum Gasteiger partial charge on any atom is -0.485 e. The second kappa shape index (κ2) is 8.91. The highest BCUT2D eigenvalue weighted by Crippen LogP contribution is 2.32. The summed E-state index contributed by atoms with van der Waals surface area (Å²) in [4.78, 5) is 26.6. The minimum atomic E-state index is -0.534. The predicted molar refractivity (Wildman–Crippen MR) is 123 cm³/mol. The van der Waals surface area contributed by atoms with Gasteiger partial charge in [-0.2, -0.15) is 0 Å². The Morgan fingerprint density at radius 3 is 2.66 bits per heavy atom. The van der Waals surface area contributed by atoms with Crippen LogP contribution in [0.3, 0.4) is 0 Å². The third-order valence-electron chi connectivity index (χ3n) is 5.16. The van der Waals surface area contributed by atoms with Gasteiger partial charge in [-0.25, -0.2) is 4.68 Å². The first kappa shape index (κ1) is 21.7. The monoisotopic (exact) mass is 452 g/mol. The Balaban J connectivity index is 1.45. The van der Waals surface area contributed by atoms with E-state index in [-0.39, 0.29) is 25.0 Å². The third-order valence-corrected chi connectivity index (χ3v) is 6.20. The van der Waals surface area contributed by atoms with E-state index in [1.165, 1.54) is 21.3 Å². The first-order valence-corrected chi connectivity index (χ1v) is 11.0. The Morgan fingerprint density at radius 1 is 1.19 bits per heavy atom. The maximum absolute atomic E-state index is 13.1. The van der Waals surface area contributed by atoms with E-state index in [2.05, 4.69) is 15.5 Å². The fourth-order valence-corrected chi connectivity index (χ4v) is 4.36. The Bertz CT molecular complexity index is 1160. The van der Waals surface area contributed by atoms with Crippen LogP contribution in [0.25, 0.3) is 0 Å². The van der Waals surface area contributed by atoms with Gasteiger partial charge in [0.25, 0.3) is 0 Å². The SMILES string of the molecule is Cc1cccc(C)c1OCc1nnc(SC(C)C(=O)N2CC(=O)Nc3ccccc32)n1N. The summed E-state index contributed by atoms with van der Waals surface area (Å²) in [6, 6.07) is 13.1. The number of ether oxygens (including phenoxy) is 1. The Labute approximate surface area is 189 Å².